The molecule has 0 fully saturated rings. The Bertz CT molecular complexity index is 495. The van der Waals surface area contributed by atoms with E-state index < -0.39 is 11.2 Å². The quantitative estimate of drug-likeness (QED) is 0.899. The number of hydrogen-bond donors (Lipinski definition) is 1. The van der Waals surface area contributed by atoms with Crippen LogP contribution in [0.25, 0.3) is 11.4 Å². The van der Waals surface area contributed by atoms with Gasteiger partial charge < -0.3 is 9.63 Å². The highest BCUT2D eigenvalue weighted by molar-refractivity contribution is 7.99. The maximum atomic E-state index is 10.6. The van der Waals surface area contributed by atoms with Gasteiger partial charge in [0.15, 0.2) is 0 Å². The first-order valence-corrected chi connectivity index (χ1v) is 6.85. The first kappa shape index (κ1) is 12.1. The molecule has 0 spiro atoms. The second-order valence-corrected chi connectivity index (χ2v) is 5.42. The SMILES string of the molecule is CC(SCc1nc(-c2ccsc2)no1)C(=O)O. The molecule has 0 bridgehead atoms. The van der Waals surface area contributed by atoms with E-state index >= 15 is 0 Å². The fraction of sp³-hybridized carbons (Fsp3) is 0.300. The summed E-state index contributed by atoms with van der Waals surface area (Å²) in [4.78, 5) is 14.8. The first-order valence-electron chi connectivity index (χ1n) is 4.86. The van der Waals surface area contributed by atoms with Crippen LogP contribution in [-0.4, -0.2) is 26.5 Å². The van der Waals surface area contributed by atoms with Crippen LogP contribution < -0.4 is 0 Å². The van der Waals surface area contributed by atoms with Gasteiger partial charge in [-0.1, -0.05) is 5.16 Å². The van der Waals surface area contributed by atoms with E-state index in [2.05, 4.69) is 10.1 Å². The molecule has 5 nitrogen and oxygen atoms in total. The van der Waals surface area contributed by atoms with Crippen LogP contribution in [0.1, 0.15) is 12.8 Å². The van der Waals surface area contributed by atoms with Gasteiger partial charge in [0.25, 0.3) is 0 Å². The summed E-state index contributed by atoms with van der Waals surface area (Å²) in [5.41, 5.74) is 0.918. The van der Waals surface area contributed by atoms with Crippen molar-refractivity contribution in [3.63, 3.8) is 0 Å². The van der Waals surface area contributed by atoms with Crippen LogP contribution in [0.5, 0.6) is 0 Å². The molecular weight excluding hydrogens is 260 g/mol. The van der Waals surface area contributed by atoms with Crippen molar-refractivity contribution in [2.75, 3.05) is 0 Å². The van der Waals surface area contributed by atoms with E-state index in [9.17, 15) is 4.79 Å². The summed E-state index contributed by atoms with van der Waals surface area (Å²) in [5.74, 6) is 0.562. The summed E-state index contributed by atoms with van der Waals surface area (Å²) in [6.07, 6.45) is 0. The van der Waals surface area contributed by atoms with Gasteiger partial charge in [-0.3, -0.25) is 4.79 Å². The first-order chi connectivity index (χ1) is 8.16. The zero-order chi connectivity index (χ0) is 12.3. The van der Waals surface area contributed by atoms with Gasteiger partial charge in [-0.25, -0.2) is 0 Å². The van der Waals surface area contributed by atoms with Crippen LogP contribution in [0.15, 0.2) is 21.3 Å². The van der Waals surface area contributed by atoms with Crippen LogP contribution in [0.3, 0.4) is 0 Å². The molecule has 0 amide bonds. The van der Waals surface area contributed by atoms with E-state index in [0.29, 0.717) is 17.5 Å². The molecule has 0 aliphatic heterocycles. The number of aromatic nitrogens is 2. The third-order valence-electron chi connectivity index (χ3n) is 2.05. The lowest BCUT2D eigenvalue weighted by molar-refractivity contribution is -0.136. The van der Waals surface area contributed by atoms with Crippen LogP contribution >= 0.6 is 23.1 Å². The Morgan fingerprint density at radius 3 is 3.18 bits per heavy atom. The number of hydrogen-bond acceptors (Lipinski definition) is 6. The number of aliphatic carboxylic acids is 1. The van der Waals surface area contributed by atoms with Crippen LogP contribution in [0.4, 0.5) is 0 Å². The van der Waals surface area contributed by atoms with Crippen molar-refractivity contribution < 1.29 is 14.4 Å². The molecule has 0 saturated carbocycles. The summed E-state index contributed by atoms with van der Waals surface area (Å²) < 4.78 is 5.05. The third-order valence-corrected chi connectivity index (χ3v) is 3.85. The van der Waals surface area contributed by atoms with Gasteiger partial charge in [0.05, 0.1) is 11.0 Å². The van der Waals surface area contributed by atoms with E-state index in [1.54, 1.807) is 18.3 Å². The molecule has 17 heavy (non-hydrogen) atoms. The van der Waals surface area contributed by atoms with Crippen molar-refractivity contribution in [1.82, 2.24) is 10.1 Å². The summed E-state index contributed by atoms with van der Waals surface area (Å²) in [6.45, 7) is 1.63. The van der Waals surface area contributed by atoms with Gasteiger partial charge in [0.2, 0.25) is 11.7 Å². The largest absolute Gasteiger partial charge is 0.480 e. The van der Waals surface area contributed by atoms with E-state index in [4.69, 9.17) is 9.63 Å². The van der Waals surface area contributed by atoms with Gasteiger partial charge >= 0.3 is 5.97 Å². The van der Waals surface area contributed by atoms with E-state index in [1.807, 2.05) is 16.8 Å². The minimum Gasteiger partial charge on any atom is -0.480 e. The lowest BCUT2D eigenvalue weighted by Gasteiger charge is -2.01. The molecule has 2 aromatic rings. The molecule has 1 atom stereocenters. The fourth-order valence-electron chi connectivity index (χ4n) is 1.09. The van der Waals surface area contributed by atoms with Crippen molar-refractivity contribution in [3.05, 3.63) is 22.7 Å². The Kier molecular flexibility index (Phi) is 3.80. The van der Waals surface area contributed by atoms with Crippen molar-refractivity contribution >= 4 is 29.1 Å². The second kappa shape index (κ2) is 5.33. The molecule has 0 aliphatic rings. The number of thioether (sulfide) groups is 1. The van der Waals surface area contributed by atoms with Crippen molar-refractivity contribution in [3.8, 4) is 11.4 Å². The van der Waals surface area contributed by atoms with Gasteiger partial charge in [0, 0.05) is 10.9 Å². The molecule has 0 aromatic carbocycles. The van der Waals surface area contributed by atoms with Gasteiger partial charge in [-0.2, -0.15) is 16.3 Å². The molecule has 1 unspecified atom stereocenters. The Morgan fingerprint density at radius 2 is 2.53 bits per heavy atom. The van der Waals surface area contributed by atoms with E-state index in [-0.39, 0.29) is 0 Å². The summed E-state index contributed by atoms with van der Waals surface area (Å²) in [7, 11) is 0. The number of rotatable bonds is 5. The predicted molar refractivity (Wildman–Crippen MR) is 66.0 cm³/mol. The normalized spacial score (nSPS) is 12.5. The van der Waals surface area contributed by atoms with Gasteiger partial charge in [-0.05, 0) is 18.4 Å². The van der Waals surface area contributed by atoms with Crippen LogP contribution in [0, 0.1) is 0 Å². The number of carbonyl (C=O) groups is 1. The van der Waals surface area contributed by atoms with Crippen molar-refractivity contribution in [2.24, 2.45) is 0 Å². The summed E-state index contributed by atoms with van der Waals surface area (Å²) in [5, 5.41) is 16.0. The monoisotopic (exact) mass is 270 g/mol. The predicted octanol–water partition coefficient (Wildman–Crippen LogP) is 2.50. The number of nitrogens with zero attached hydrogens (tertiary/aromatic N) is 2. The van der Waals surface area contributed by atoms with Crippen molar-refractivity contribution in [2.45, 2.75) is 17.9 Å². The lowest BCUT2D eigenvalue weighted by Crippen LogP contribution is -2.11. The summed E-state index contributed by atoms with van der Waals surface area (Å²) in [6, 6.07) is 1.91. The number of carboxylic acids is 1. The highest BCUT2D eigenvalue weighted by Gasteiger charge is 2.14. The third kappa shape index (κ3) is 3.07. The second-order valence-electron chi connectivity index (χ2n) is 3.32. The Morgan fingerprint density at radius 1 is 1.71 bits per heavy atom. The molecule has 7 heteroatoms. The average molecular weight is 270 g/mol. The molecule has 0 aliphatic carbocycles. The lowest BCUT2D eigenvalue weighted by atomic mass is 10.3. The van der Waals surface area contributed by atoms with E-state index in [1.165, 1.54) is 11.8 Å². The van der Waals surface area contributed by atoms with Gasteiger partial charge in [-0.15, -0.1) is 11.8 Å². The minimum atomic E-state index is -0.840. The Labute approximate surface area is 106 Å². The molecular formula is C10H10N2O3S2. The summed E-state index contributed by atoms with van der Waals surface area (Å²) >= 11 is 2.82. The standard InChI is InChI=1S/C10H10N2O3S2/c1-6(10(13)14)17-5-8-11-9(12-15-8)7-2-3-16-4-7/h2-4,6H,5H2,1H3,(H,13,14). The van der Waals surface area contributed by atoms with Crippen LogP contribution in [-0.2, 0) is 10.5 Å². The highest BCUT2D eigenvalue weighted by atomic mass is 32.2. The fourth-order valence-corrected chi connectivity index (χ4v) is 2.38. The Hall–Kier alpha value is -1.34. The smallest absolute Gasteiger partial charge is 0.316 e. The topological polar surface area (TPSA) is 76.2 Å². The number of thiophene rings is 1. The van der Waals surface area contributed by atoms with Gasteiger partial charge in [0.1, 0.15) is 0 Å². The Balaban J connectivity index is 1.97. The van der Waals surface area contributed by atoms with Crippen molar-refractivity contribution in [1.29, 1.82) is 0 Å². The molecule has 1 N–H and O–H groups in total. The molecule has 0 saturated heterocycles. The minimum absolute atomic E-state index is 0.407. The molecule has 2 aromatic heterocycles. The van der Waals surface area contributed by atoms with Crippen LogP contribution in [0.2, 0.25) is 0 Å². The zero-order valence-electron chi connectivity index (χ0n) is 8.99. The maximum absolute atomic E-state index is 10.6. The molecule has 0 radical (unpaired) electrons. The number of carboxylic acid groups (broad SMARTS) is 1. The highest BCUT2D eigenvalue weighted by Crippen LogP contribution is 2.21. The molecule has 2 rings (SSSR count). The molecule has 2 heterocycles. The zero-order valence-corrected chi connectivity index (χ0v) is 10.6. The van der Waals surface area contributed by atoms with E-state index in [0.717, 1.165) is 5.56 Å². The maximum Gasteiger partial charge on any atom is 0.316 e. The molecule has 90 valence electrons. The average Bonchev–Trinajstić information content (AvgIpc) is 2.95.